The summed E-state index contributed by atoms with van der Waals surface area (Å²) in [5.41, 5.74) is 0.962. The highest BCUT2D eigenvalue weighted by Gasteiger charge is 2.18. The molecule has 0 aliphatic carbocycles. The van der Waals surface area contributed by atoms with Gasteiger partial charge in [-0.15, -0.1) is 0 Å². The molecular weight excluding hydrogens is 258 g/mol. The van der Waals surface area contributed by atoms with Gasteiger partial charge in [-0.1, -0.05) is 12.1 Å². The molecule has 0 saturated heterocycles. The van der Waals surface area contributed by atoms with E-state index in [4.69, 9.17) is 9.84 Å². The second kappa shape index (κ2) is 7.59. The zero-order valence-corrected chi connectivity index (χ0v) is 12.4. The van der Waals surface area contributed by atoms with Crippen molar-refractivity contribution in [2.45, 2.75) is 32.5 Å². The maximum atomic E-state index is 9.81. The maximum absolute atomic E-state index is 9.81. The van der Waals surface area contributed by atoms with Gasteiger partial charge in [-0.2, -0.15) is 0 Å². The Morgan fingerprint density at radius 2 is 2.05 bits per heavy atom. The van der Waals surface area contributed by atoms with E-state index in [1.807, 2.05) is 32.0 Å². The molecule has 0 saturated carbocycles. The van der Waals surface area contributed by atoms with Gasteiger partial charge in [-0.3, -0.25) is 0 Å². The number of hydrogen-bond donors (Lipinski definition) is 4. The van der Waals surface area contributed by atoms with Gasteiger partial charge >= 0.3 is 0 Å². The van der Waals surface area contributed by atoms with Crippen LogP contribution >= 0.6 is 0 Å². The van der Waals surface area contributed by atoms with Crippen molar-refractivity contribution in [1.82, 2.24) is 5.32 Å². The van der Waals surface area contributed by atoms with Crippen molar-refractivity contribution in [3.63, 3.8) is 0 Å². The molecule has 0 aliphatic heterocycles. The highest BCUT2D eigenvalue weighted by molar-refractivity contribution is 5.35. The minimum absolute atomic E-state index is 0.179. The Morgan fingerprint density at radius 1 is 1.35 bits per heavy atom. The molecule has 0 aromatic heterocycles. The molecule has 2 atom stereocenters. The first-order valence-electron chi connectivity index (χ1n) is 6.76. The van der Waals surface area contributed by atoms with E-state index < -0.39 is 11.7 Å². The summed E-state index contributed by atoms with van der Waals surface area (Å²) < 4.78 is 5.59. The fourth-order valence-electron chi connectivity index (χ4n) is 1.67. The van der Waals surface area contributed by atoms with Crippen LogP contribution in [0.25, 0.3) is 0 Å². The standard InChI is InChI=1S/C15H25NO4/c1-11-4-5-12(2)14(6-11)20-8-13(18)7-16-9-15(3,19)10-17/h4-6,13,16-19H,7-10H2,1-3H3. The minimum atomic E-state index is -1.17. The summed E-state index contributed by atoms with van der Waals surface area (Å²) in [5, 5.41) is 31.2. The number of hydrogen-bond acceptors (Lipinski definition) is 5. The fraction of sp³-hybridized carbons (Fsp3) is 0.600. The largest absolute Gasteiger partial charge is 0.491 e. The lowest BCUT2D eigenvalue weighted by Gasteiger charge is -2.22. The Labute approximate surface area is 120 Å². The third-order valence-corrected chi connectivity index (χ3v) is 3.00. The predicted octanol–water partition coefficient (Wildman–Crippen LogP) is 0.376. The van der Waals surface area contributed by atoms with E-state index >= 15 is 0 Å². The molecule has 0 bridgehead atoms. The normalized spacial score (nSPS) is 15.7. The van der Waals surface area contributed by atoms with Crippen LogP contribution < -0.4 is 10.1 Å². The number of aryl methyl sites for hydroxylation is 2. The lowest BCUT2D eigenvalue weighted by Crippen LogP contribution is -2.44. The number of ether oxygens (including phenoxy) is 1. The van der Waals surface area contributed by atoms with Crippen LogP contribution in [0.4, 0.5) is 0 Å². The van der Waals surface area contributed by atoms with Crippen LogP contribution in [-0.2, 0) is 0 Å². The van der Waals surface area contributed by atoms with Crippen LogP contribution in [0.2, 0.25) is 0 Å². The van der Waals surface area contributed by atoms with E-state index in [1.54, 1.807) is 0 Å². The van der Waals surface area contributed by atoms with E-state index in [-0.39, 0.29) is 19.8 Å². The van der Waals surface area contributed by atoms with E-state index in [0.29, 0.717) is 6.54 Å². The number of aliphatic hydroxyl groups is 3. The topological polar surface area (TPSA) is 82.0 Å². The van der Waals surface area contributed by atoms with Crippen LogP contribution in [-0.4, -0.2) is 53.3 Å². The molecule has 0 aliphatic rings. The SMILES string of the molecule is Cc1ccc(C)c(OCC(O)CNCC(C)(O)CO)c1. The zero-order valence-electron chi connectivity index (χ0n) is 12.4. The summed E-state index contributed by atoms with van der Waals surface area (Å²) in [6, 6.07) is 5.93. The Balaban J connectivity index is 2.33. The summed E-state index contributed by atoms with van der Waals surface area (Å²) in [5.74, 6) is 0.770. The Bertz CT molecular complexity index is 420. The average Bonchev–Trinajstić information content (AvgIpc) is 2.39. The summed E-state index contributed by atoms with van der Waals surface area (Å²) in [7, 11) is 0. The number of rotatable bonds is 8. The number of benzene rings is 1. The molecule has 1 aromatic rings. The Morgan fingerprint density at radius 3 is 2.70 bits per heavy atom. The molecule has 5 nitrogen and oxygen atoms in total. The van der Waals surface area contributed by atoms with Crippen molar-refractivity contribution in [2.75, 3.05) is 26.3 Å². The first kappa shape index (κ1) is 16.9. The van der Waals surface area contributed by atoms with Crippen LogP contribution in [0.15, 0.2) is 18.2 Å². The monoisotopic (exact) mass is 283 g/mol. The molecule has 2 unspecified atom stereocenters. The van der Waals surface area contributed by atoms with Crippen molar-refractivity contribution >= 4 is 0 Å². The summed E-state index contributed by atoms with van der Waals surface area (Å²) in [4.78, 5) is 0. The second-order valence-electron chi connectivity index (χ2n) is 5.52. The van der Waals surface area contributed by atoms with Crippen molar-refractivity contribution < 1.29 is 20.1 Å². The van der Waals surface area contributed by atoms with E-state index in [2.05, 4.69) is 5.32 Å². The van der Waals surface area contributed by atoms with Crippen LogP contribution in [0.1, 0.15) is 18.1 Å². The van der Waals surface area contributed by atoms with Gasteiger partial charge in [0.15, 0.2) is 0 Å². The molecule has 20 heavy (non-hydrogen) atoms. The van der Waals surface area contributed by atoms with Crippen LogP contribution in [0, 0.1) is 13.8 Å². The number of nitrogens with one attached hydrogen (secondary N) is 1. The minimum Gasteiger partial charge on any atom is -0.491 e. The molecule has 1 rings (SSSR count). The number of aliphatic hydroxyl groups excluding tert-OH is 2. The van der Waals surface area contributed by atoms with Gasteiger partial charge in [0.05, 0.1) is 12.2 Å². The van der Waals surface area contributed by atoms with Gasteiger partial charge in [0.25, 0.3) is 0 Å². The highest BCUT2D eigenvalue weighted by Crippen LogP contribution is 2.19. The molecule has 0 amide bonds. The van der Waals surface area contributed by atoms with Gasteiger partial charge in [0.2, 0.25) is 0 Å². The van der Waals surface area contributed by atoms with Gasteiger partial charge in [-0.05, 0) is 38.0 Å². The third kappa shape index (κ3) is 5.88. The van der Waals surface area contributed by atoms with Gasteiger partial charge in [0, 0.05) is 13.1 Å². The summed E-state index contributed by atoms with van der Waals surface area (Å²) in [6.07, 6.45) is -0.676. The lowest BCUT2D eigenvalue weighted by atomic mass is 10.1. The Kier molecular flexibility index (Phi) is 6.42. The first-order chi connectivity index (χ1) is 9.34. The van der Waals surface area contributed by atoms with Gasteiger partial charge in [-0.25, -0.2) is 0 Å². The second-order valence-corrected chi connectivity index (χ2v) is 5.52. The Hall–Kier alpha value is -1.14. The quantitative estimate of drug-likeness (QED) is 0.554. The van der Waals surface area contributed by atoms with E-state index in [0.717, 1.165) is 16.9 Å². The van der Waals surface area contributed by atoms with E-state index in [1.165, 1.54) is 6.92 Å². The zero-order chi connectivity index (χ0) is 15.2. The lowest BCUT2D eigenvalue weighted by molar-refractivity contribution is -0.000331. The van der Waals surface area contributed by atoms with Crippen molar-refractivity contribution in [1.29, 1.82) is 0 Å². The molecule has 0 radical (unpaired) electrons. The molecule has 114 valence electrons. The third-order valence-electron chi connectivity index (χ3n) is 3.00. The predicted molar refractivity (Wildman–Crippen MR) is 78.0 cm³/mol. The molecular formula is C15H25NO4. The molecule has 4 N–H and O–H groups in total. The van der Waals surface area contributed by atoms with Gasteiger partial charge < -0.3 is 25.4 Å². The first-order valence-corrected chi connectivity index (χ1v) is 6.76. The van der Waals surface area contributed by atoms with Crippen LogP contribution in [0.5, 0.6) is 5.75 Å². The van der Waals surface area contributed by atoms with Crippen molar-refractivity contribution in [2.24, 2.45) is 0 Å². The smallest absolute Gasteiger partial charge is 0.122 e. The van der Waals surface area contributed by atoms with Gasteiger partial charge in [0.1, 0.15) is 18.5 Å². The van der Waals surface area contributed by atoms with E-state index in [9.17, 15) is 10.2 Å². The van der Waals surface area contributed by atoms with Crippen molar-refractivity contribution in [3.05, 3.63) is 29.3 Å². The summed E-state index contributed by atoms with van der Waals surface area (Å²) in [6.45, 7) is 5.83. The fourth-order valence-corrected chi connectivity index (χ4v) is 1.67. The maximum Gasteiger partial charge on any atom is 0.122 e. The molecule has 0 fully saturated rings. The molecule has 5 heteroatoms. The van der Waals surface area contributed by atoms with Crippen LogP contribution in [0.3, 0.4) is 0 Å². The molecule has 0 spiro atoms. The summed E-state index contributed by atoms with van der Waals surface area (Å²) >= 11 is 0. The molecule has 0 heterocycles. The van der Waals surface area contributed by atoms with Crippen molar-refractivity contribution in [3.8, 4) is 5.75 Å². The molecule has 1 aromatic carbocycles. The highest BCUT2D eigenvalue weighted by atomic mass is 16.5. The average molecular weight is 283 g/mol.